The van der Waals surface area contributed by atoms with Crippen molar-refractivity contribution in [3.63, 3.8) is 0 Å². The average molecular weight is 360 g/mol. The number of sulfone groups is 1. The second-order valence-electron chi connectivity index (χ2n) is 6.20. The van der Waals surface area contributed by atoms with E-state index in [0.717, 1.165) is 11.1 Å². The van der Waals surface area contributed by atoms with Crippen LogP contribution in [0, 0.1) is 6.92 Å². The molecule has 1 fully saturated rings. The largest absolute Gasteiger partial charge is 0.365 e. The molecule has 2 aromatic rings. The van der Waals surface area contributed by atoms with Crippen molar-refractivity contribution in [3.05, 3.63) is 53.5 Å². The normalized spacial score (nSPS) is 18.7. The smallest absolute Gasteiger partial charge is 0.271 e. The van der Waals surface area contributed by atoms with E-state index in [0.29, 0.717) is 18.8 Å². The summed E-state index contributed by atoms with van der Waals surface area (Å²) in [6, 6.07) is 7.74. The molecule has 1 aromatic carbocycles. The zero-order chi connectivity index (χ0) is 17.9. The second-order valence-corrected chi connectivity index (χ2v) is 8.43. The van der Waals surface area contributed by atoms with Gasteiger partial charge in [0.2, 0.25) is 0 Å². The van der Waals surface area contributed by atoms with Crippen molar-refractivity contribution in [2.75, 3.05) is 16.8 Å². The number of hydrogen-bond acceptors (Lipinski definition) is 6. The van der Waals surface area contributed by atoms with Crippen molar-refractivity contribution in [1.29, 1.82) is 0 Å². The molecule has 7 nitrogen and oxygen atoms in total. The van der Waals surface area contributed by atoms with Crippen LogP contribution in [0.5, 0.6) is 0 Å². The predicted molar refractivity (Wildman–Crippen MR) is 95.1 cm³/mol. The number of benzene rings is 1. The quantitative estimate of drug-likeness (QED) is 0.834. The molecule has 0 bridgehead atoms. The summed E-state index contributed by atoms with van der Waals surface area (Å²) in [6.45, 7) is 2.42. The van der Waals surface area contributed by atoms with Gasteiger partial charge in [-0.1, -0.05) is 29.8 Å². The third kappa shape index (κ3) is 4.76. The highest BCUT2D eigenvalue weighted by Crippen LogP contribution is 2.15. The number of hydrogen-bond donors (Lipinski definition) is 2. The fourth-order valence-electron chi connectivity index (χ4n) is 2.73. The van der Waals surface area contributed by atoms with E-state index in [9.17, 15) is 13.2 Å². The summed E-state index contributed by atoms with van der Waals surface area (Å²) < 4.78 is 22.9. The summed E-state index contributed by atoms with van der Waals surface area (Å²) in [5.74, 6) is 0.464. The van der Waals surface area contributed by atoms with Gasteiger partial charge in [0, 0.05) is 12.6 Å². The Morgan fingerprint density at radius 2 is 2.12 bits per heavy atom. The Bertz CT molecular complexity index is 866. The van der Waals surface area contributed by atoms with Crippen molar-refractivity contribution in [2.24, 2.45) is 0 Å². The van der Waals surface area contributed by atoms with Crippen LogP contribution in [0.15, 0.2) is 36.7 Å². The lowest BCUT2D eigenvalue weighted by atomic mass is 10.1. The first kappa shape index (κ1) is 17.3. The van der Waals surface area contributed by atoms with Crippen LogP contribution in [0.3, 0.4) is 0 Å². The minimum absolute atomic E-state index is 0.105. The van der Waals surface area contributed by atoms with Gasteiger partial charge in [-0.2, -0.15) is 0 Å². The van der Waals surface area contributed by atoms with Gasteiger partial charge in [0.1, 0.15) is 11.5 Å². The van der Waals surface area contributed by atoms with Gasteiger partial charge in [-0.15, -0.1) is 0 Å². The van der Waals surface area contributed by atoms with Crippen LogP contribution in [0.2, 0.25) is 0 Å². The molecule has 0 spiro atoms. The van der Waals surface area contributed by atoms with Crippen LogP contribution in [0.4, 0.5) is 5.82 Å². The Morgan fingerprint density at radius 1 is 1.28 bits per heavy atom. The van der Waals surface area contributed by atoms with Crippen LogP contribution in [0.1, 0.15) is 28.0 Å². The molecule has 1 aliphatic rings. The van der Waals surface area contributed by atoms with Crippen molar-refractivity contribution in [3.8, 4) is 0 Å². The fraction of sp³-hybridized carbons (Fsp3) is 0.353. The van der Waals surface area contributed by atoms with Gasteiger partial charge in [0.05, 0.1) is 23.9 Å². The summed E-state index contributed by atoms with van der Waals surface area (Å²) in [5.41, 5.74) is 2.37. The number of rotatable bonds is 5. The number of carbonyl (C=O) groups is 1. The molecule has 0 radical (unpaired) electrons. The summed E-state index contributed by atoms with van der Waals surface area (Å²) in [7, 11) is -2.95. The Labute approximate surface area is 146 Å². The molecular weight excluding hydrogens is 340 g/mol. The monoisotopic (exact) mass is 360 g/mol. The van der Waals surface area contributed by atoms with E-state index in [1.54, 1.807) is 0 Å². The minimum Gasteiger partial charge on any atom is -0.365 e. The highest BCUT2D eigenvalue weighted by Gasteiger charge is 2.27. The molecule has 0 aliphatic carbocycles. The van der Waals surface area contributed by atoms with Gasteiger partial charge in [0.15, 0.2) is 9.84 Å². The van der Waals surface area contributed by atoms with E-state index in [1.807, 2.05) is 31.2 Å². The third-order valence-corrected chi connectivity index (χ3v) is 5.77. The minimum atomic E-state index is -2.95. The number of anilines is 1. The molecule has 132 valence electrons. The Morgan fingerprint density at radius 3 is 2.76 bits per heavy atom. The van der Waals surface area contributed by atoms with Crippen molar-refractivity contribution in [1.82, 2.24) is 15.3 Å². The summed E-state index contributed by atoms with van der Waals surface area (Å²) in [4.78, 5) is 20.4. The number of aryl methyl sites for hydroxylation is 1. The molecule has 1 saturated heterocycles. The van der Waals surface area contributed by atoms with Crippen molar-refractivity contribution in [2.45, 2.75) is 25.9 Å². The molecule has 1 aliphatic heterocycles. The predicted octanol–water partition coefficient (Wildman–Crippen LogP) is 1.31. The summed E-state index contributed by atoms with van der Waals surface area (Å²) in [6.07, 6.45) is 3.40. The molecule has 2 heterocycles. The van der Waals surface area contributed by atoms with E-state index in [4.69, 9.17) is 0 Å². The number of amides is 1. The lowest BCUT2D eigenvalue weighted by Crippen LogP contribution is -2.25. The highest BCUT2D eigenvalue weighted by atomic mass is 32.2. The first-order valence-electron chi connectivity index (χ1n) is 8.04. The first-order chi connectivity index (χ1) is 11.9. The van der Waals surface area contributed by atoms with Crippen LogP contribution >= 0.6 is 0 Å². The maximum atomic E-state index is 12.1. The van der Waals surface area contributed by atoms with E-state index < -0.39 is 9.84 Å². The van der Waals surface area contributed by atoms with Crippen LogP contribution in [0.25, 0.3) is 0 Å². The van der Waals surface area contributed by atoms with Gasteiger partial charge in [-0.25, -0.2) is 18.4 Å². The molecule has 1 amide bonds. The van der Waals surface area contributed by atoms with Gasteiger partial charge in [-0.3, -0.25) is 4.79 Å². The molecule has 1 aromatic heterocycles. The standard InChI is InChI=1S/C17H20N4O3S/c1-12-3-2-4-13(7-12)8-20-17(22)15-9-19-16(10-18-15)21-14-5-6-25(23,24)11-14/h2-4,7,9-10,14H,5-6,8,11H2,1H3,(H,19,21)(H,20,22). The molecule has 3 rings (SSSR count). The van der Waals surface area contributed by atoms with Crippen LogP contribution in [-0.2, 0) is 16.4 Å². The topological polar surface area (TPSA) is 101 Å². The molecule has 0 saturated carbocycles. The van der Waals surface area contributed by atoms with Gasteiger partial charge >= 0.3 is 0 Å². The van der Waals surface area contributed by atoms with Crippen molar-refractivity contribution >= 4 is 21.6 Å². The zero-order valence-corrected chi connectivity index (χ0v) is 14.7. The van der Waals surface area contributed by atoms with Gasteiger partial charge in [0.25, 0.3) is 5.91 Å². The van der Waals surface area contributed by atoms with Crippen molar-refractivity contribution < 1.29 is 13.2 Å². The van der Waals surface area contributed by atoms with Crippen LogP contribution in [-0.4, -0.2) is 41.8 Å². The molecule has 25 heavy (non-hydrogen) atoms. The molecular formula is C17H20N4O3S. The first-order valence-corrected chi connectivity index (χ1v) is 9.86. The number of nitrogens with one attached hydrogen (secondary N) is 2. The van der Waals surface area contributed by atoms with E-state index in [-0.39, 0.29) is 29.1 Å². The Kier molecular flexibility index (Phi) is 4.98. The molecule has 8 heteroatoms. The number of nitrogens with zero attached hydrogens (tertiary/aromatic N) is 2. The van der Waals surface area contributed by atoms with E-state index >= 15 is 0 Å². The Balaban J connectivity index is 1.55. The zero-order valence-electron chi connectivity index (χ0n) is 13.9. The number of aromatic nitrogens is 2. The fourth-order valence-corrected chi connectivity index (χ4v) is 4.41. The van der Waals surface area contributed by atoms with E-state index in [1.165, 1.54) is 12.4 Å². The maximum absolute atomic E-state index is 12.1. The average Bonchev–Trinajstić information content (AvgIpc) is 2.92. The van der Waals surface area contributed by atoms with Crippen LogP contribution < -0.4 is 10.6 Å². The molecule has 1 atom stereocenters. The summed E-state index contributed by atoms with van der Waals surface area (Å²) >= 11 is 0. The maximum Gasteiger partial charge on any atom is 0.271 e. The second kappa shape index (κ2) is 7.18. The lowest BCUT2D eigenvalue weighted by molar-refractivity contribution is 0.0945. The van der Waals surface area contributed by atoms with Gasteiger partial charge in [-0.05, 0) is 18.9 Å². The highest BCUT2D eigenvalue weighted by molar-refractivity contribution is 7.91. The Hall–Kier alpha value is -2.48. The van der Waals surface area contributed by atoms with Gasteiger partial charge < -0.3 is 10.6 Å². The molecule has 2 N–H and O–H groups in total. The molecule has 1 unspecified atom stereocenters. The third-order valence-electron chi connectivity index (χ3n) is 4.00. The number of carbonyl (C=O) groups excluding carboxylic acids is 1. The summed E-state index contributed by atoms with van der Waals surface area (Å²) in [5, 5.41) is 5.85. The SMILES string of the molecule is Cc1cccc(CNC(=O)c2cnc(NC3CCS(=O)(=O)C3)cn2)c1. The van der Waals surface area contributed by atoms with E-state index in [2.05, 4.69) is 20.6 Å². The lowest BCUT2D eigenvalue weighted by Gasteiger charge is -2.11.